The van der Waals surface area contributed by atoms with E-state index in [9.17, 15) is 28.2 Å². The lowest BCUT2D eigenvalue weighted by atomic mass is 9.62. The normalized spacial score (nSPS) is 21.7. The smallest absolute Gasteiger partial charge is 0.433 e. The van der Waals surface area contributed by atoms with Crippen molar-refractivity contribution >= 4 is 17.6 Å². The molecular weight excluding hydrogens is 473 g/mol. The molecule has 2 atom stereocenters. The van der Waals surface area contributed by atoms with Gasteiger partial charge in [-0.25, -0.2) is 9.97 Å². The molecule has 2 aromatic heterocycles. The summed E-state index contributed by atoms with van der Waals surface area (Å²) < 4.78 is 38.9. The highest BCUT2D eigenvalue weighted by Gasteiger charge is 2.48. The number of rotatable bonds is 5. The molecule has 1 fully saturated rings. The van der Waals surface area contributed by atoms with Gasteiger partial charge >= 0.3 is 12.1 Å². The number of hydrogen-bond acceptors (Lipinski definition) is 6. The SMILES string of the molecule is Cc1cc(Nc2nccc(C(F)(F)F)n2)cc(-c2ccc(C3(O)CCC(C(=O)O)C(C)(C)C3)nc2)c1. The minimum absolute atomic E-state index is 0.170. The Kier molecular flexibility index (Phi) is 6.51. The predicted molar refractivity (Wildman–Crippen MR) is 127 cm³/mol. The molecule has 190 valence electrons. The fraction of sp³-hybridized carbons (Fsp3) is 0.385. The van der Waals surface area contributed by atoms with Crippen LogP contribution >= 0.6 is 0 Å². The van der Waals surface area contributed by atoms with Crippen molar-refractivity contribution in [2.75, 3.05) is 5.32 Å². The van der Waals surface area contributed by atoms with E-state index in [4.69, 9.17) is 0 Å². The van der Waals surface area contributed by atoms with Crippen LogP contribution in [0.4, 0.5) is 24.8 Å². The van der Waals surface area contributed by atoms with Crippen molar-refractivity contribution in [2.24, 2.45) is 11.3 Å². The maximum absolute atomic E-state index is 13.0. The summed E-state index contributed by atoms with van der Waals surface area (Å²) in [4.78, 5) is 23.5. The van der Waals surface area contributed by atoms with Crippen LogP contribution in [0.3, 0.4) is 0 Å². The molecule has 3 aromatic rings. The van der Waals surface area contributed by atoms with Gasteiger partial charge in [-0.15, -0.1) is 0 Å². The van der Waals surface area contributed by atoms with Crippen LogP contribution < -0.4 is 5.32 Å². The van der Waals surface area contributed by atoms with E-state index in [1.807, 2.05) is 32.9 Å². The van der Waals surface area contributed by atoms with E-state index < -0.39 is 34.8 Å². The maximum Gasteiger partial charge on any atom is 0.433 e. The Morgan fingerprint density at radius 1 is 1.11 bits per heavy atom. The lowest BCUT2D eigenvalue weighted by molar-refractivity contribution is -0.154. The molecule has 0 aliphatic heterocycles. The molecule has 4 rings (SSSR count). The van der Waals surface area contributed by atoms with Gasteiger partial charge in [-0.05, 0) is 67.0 Å². The molecule has 10 heteroatoms. The second kappa shape index (κ2) is 9.16. The highest BCUT2D eigenvalue weighted by Crippen LogP contribution is 2.49. The summed E-state index contributed by atoms with van der Waals surface area (Å²) in [5.74, 6) is -1.56. The van der Waals surface area contributed by atoms with Crippen molar-refractivity contribution in [2.45, 2.75) is 51.8 Å². The van der Waals surface area contributed by atoms with Gasteiger partial charge < -0.3 is 15.5 Å². The largest absolute Gasteiger partial charge is 0.481 e. The molecule has 0 radical (unpaired) electrons. The number of carboxylic acids is 1. The average Bonchev–Trinajstić information content (AvgIpc) is 2.77. The fourth-order valence-corrected chi connectivity index (χ4v) is 4.98. The number of aromatic nitrogens is 3. The van der Waals surface area contributed by atoms with Crippen molar-refractivity contribution in [1.29, 1.82) is 0 Å². The van der Waals surface area contributed by atoms with Crippen molar-refractivity contribution in [3.63, 3.8) is 0 Å². The molecule has 0 amide bonds. The first-order valence-electron chi connectivity index (χ1n) is 11.5. The zero-order chi connectivity index (χ0) is 26.3. The Bertz CT molecular complexity index is 1280. The number of nitrogens with zero attached hydrogens (tertiary/aromatic N) is 3. The zero-order valence-corrected chi connectivity index (χ0v) is 20.1. The number of aliphatic carboxylic acids is 1. The van der Waals surface area contributed by atoms with Gasteiger partial charge in [0.2, 0.25) is 5.95 Å². The Morgan fingerprint density at radius 2 is 1.86 bits per heavy atom. The van der Waals surface area contributed by atoms with Crippen LogP contribution in [0.5, 0.6) is 0 Å². The van der Waals surface area contributed by atoms with E-state index in [1.54, 1.807) is 24.4 Å². The van der Waals surface area contributed by atoms with Gasteiger partial charge in [-0.1, -0.05) is 26.0 Å². The van der Waals surface area contributed by atoms with E-state index in [1.165, 1.54) is 0 Å². The first kappa shape index (κ1) is 25.6. The molecule has 0 spiro atoms. The number of hydrogen-bond donors (Lipinski definition) is 3. The number of benzene rings is 1. The van der Waals surface area contributed by atoms with Crippen LogP contribution in [0, 0.1) is 18.3 Å². The summed E-state index contributed by atoms with van der Waals surface area (Å²) in [6, 6.07) is 9.78. The number of anilines is 2. The summed E-state index contributed by atoms with van der Waals surface area (Å²) in [5, 5.41) is 23.6. The third kappa shape index (κ3) is 5.33. The van der Waals surface area contributed by atoms with Gasteiger partial charge in [0, 0.05) is 23.6 Å². The summed E-state index contributed by atoms with van der Waals surface area (Å²) >= 11 is 0. The molecule has 1 aliphatic rings. The second-order valence-corrected chi connectivity index (χ2v) is 10.0. The summed E-state index contributed by atoms with van der Waals surface area (Å²) in [6.45, 7) is 5.55. The lowest BCUT2D eigenvalue weighted by Gasteiger charge is -2.44. The van der Waals surface area contributed by atoms with Gasteiger partial charge in [0.25, 0.3) is 0 Å². The first-order chi connectivity index (χ1) is 16.8. The van der Waals surface area contributed by atoms with Crippen LogP contribution in [0.2, 0.25) is 0 Å². The Labute approximate surface area is 206 Å². The van der Waals surface area contributed by atoms with Crippen molar-refractivity contribution in [1.82, 2.24) is 15.0 Å². The molecule has 0 saturated heterocycles. The van der Waals surface area contributed by atoms with Crippen LogP contribution in [-0.2, 0) is 16.6 Å². The molecule has 2 heterocycles. The van der Waals surface area contributed by atoms with E-state index in [0.29, 0.717) is 24.2 Å². The minimum Gasteiger partial charge on any atom is -0.481 e. The number of aryl methyl sites for hydroxylation is 1. The van der Waals surface area contributed by atoms with E-state index in [0.717, 1.165) is 29.0 Å². The van der Waals surface area contributed by atoms with Gasteiger partial charge in [0.15, 0.2) is 0 Å². The van der Waals surface area contributed by atoms with Crippen LogP contribution in [0.1, 0.15) is 50.1 Å². The summed E-state index contributed by atoms with van der Waals surface area (Å²) in [5.41, 5.74) is 0.510. The highest BCUT2D eigenvalue weighted by atomic mass is 19.4. The maximum atomic E-state index is 13.0. The van der Waals surface area contributed by atoms with Gasteiger partial charge in [-0.2, -0.15) is 13.2 Å². The quantitative estimate of drug-likeness (QED) is 0.412. The number of nitrogens with one attached hydrogen (secondary N) is 1. The molecule has 36 heavy (non-hydrogen) atoms. The topological polar surface area (TPSA) is 108 Å². The van der Waals surface area contributed by atoms with E-state index >= 15 is 0 Å². The minimum atomic E-state index is -4.57. The fourth-order valence-electron chi connectivity index (χ4n) is 4.98. The Morgan fingerprint density at radius 3 is 2.47 bits per heavy atom. The van der Waals surface area contributed by atoms with Crippen molar-refractivity contribution < 1.29 is 28.2 Å². The van der Waals surface area contributed by atoms with E-state index in [2.05, 4.69) is 20.3 Å². The van der Waals surface area contributed by atoms with Gasteiger partial charge in [0.05, 0.1) is 11.6 Å². The Balaban J connectivity index is 1.57. The zero-order valence-electron chi connectivity index (χ0n) is 20.1. The van der Waals surface area contributed by atoms with Crippen molar-refractivity contribution in [3.05, 3.63) is 65.7 Å². The number of pyridine rings is 1. The lowest BCUT2D eigenvalue weighted by Crippen LogP contribution is -2.45. The number of alkyl halides is 3. The van der Waals surface area contributed by atoms with Crippen LogP contribution in [0.25, 0.3) is 11.1 Å². The molecule has 0 bridgehead atoms. The number of halogens is 3. The Hall–Kier alpha value is -3.53. The molecule has 7 nitrogen and oxygen atoms in total. The van der Waals surface area contributed by atoms with Gasteiger partial charge in [0.1, 0.15) is 11.3 Å². The number of carboxylic acid groups (broad SMARTS) is 1. The predicted octanol–water partition coefficient (Wildman–Crippen LogP) is 5.71. The van der Waals surface area contributed by atoms with Crippen molar-refractivity contribution in [3.8, 4) is 11.1 Å². The average molecular weight is 501 g/mol. The second-order valence-electron chi connectivity index (χ2n) is 10.0. The first-order valence-corrected chi connectivity index (χ1v) is 11.5. The molecule has 1 aromatic carbocycles. The molecular formula is C26H27F3N4O3. The standard InChI is InChI=1S/C26H27F3N4O3/c1-15-10-17(12-18(11-15)32-23-30-9-7-21(33-23)26(27,28)29)16-4-5-20(31-13-16)25(36)8-6-19(22(34)35)24(2,3)14-25/h4-5,7,9-13,19,36H,6,8,14H2,1-3H3,(H,34,35)(H,30,32,33). The molecule has 1 aliphatic carbocycles. The third-order valence-corrected chi connectivity index (χ3v) is 6.69. The number of aliphatic hydroxyl groups is 1. The summed E-state index contributed by atoms with van der Waals surface area (Å²) in [6.07, 6.45) is -0.964. The molecule has 1 saturated carbocycles. The molecule has 3 N–H and O–H groups in total. The third-order valence-electron chi connectivity index (χ3n) is 6.69. The van der Waals surface area contributed by atoms with Crippen LogP contribution in [-0.4, -0.2) is 31.1 Å². The van der Waals surface area contributed by atoms with E-state index in [-0.39, 0.29) is 12.4 Å². The van der Waals surface area contributed by atoms with Crippen LogP contribution in [0.15, 0.2) is 48.8 Å². The molecule has 2 unspecified atom stereocenters. The number of carbonyl (C=O) groups is 1. The summed E-state index contributed by atoms with van der Waals surface area (Å²) in [7, 11) is 0. The van der Waals surface area contributed by atoms with Gasteiger partial charge in [-0.3, -0.25) is 9.78 Å². The monoisotopic (exact) mass is 500 g/mol. The highest BCUT2D eigenvalue weighted by molar-refractivity contribution is 5.72.